The van der Waals surface area contributed by atoms with Crippen LogP contribution in [0.3, 0.4) is 0 Å². The van der Waals surface area contributed by atoms with Gasteiger partial charge in [0.2, 0.25) is 0 Å². The second-order valence-corrected chi connectivity index (χ2v) is 3.58. The molecule has 0 saturated heterocycles. The van der Waals surface area contributed by atoms with Gasteiger partial charge in [-0.3, -0.25) is 0 Å². The van der Waals surface area contributed by atoms with E-state index in [0.29, 0.717) is 6.61 Å². The van der Waals surface area contributed by atoms with Crippen LogP contribution in [0.1, 0.15) is 26.2 Å². The maximum atomic E-state index is 5.70. The molecule has 15 heavy (non-hydrogen) atoms. The van der Waals surface area contributed by atoms with Gasteiger partial charge in [0.15, 0.2) is 0 Å². The molecule has 1 atom stereocenters. The summed E-state index contributed by atoms with van der Waals surface area (Å²) in [6, 6.07) is 0. The molecular weight excluding hydrogens is 190 g/mol. The van der Waals surface area contributed by atoms with Crippen molar-refractivity contribution in [3.63, 3.8) is 0 Å². The summed E-state index contributed by atoms with van der Waals surface area (Å²) in [7, 11) is 1.71. The Morgan fingerprint density at radius 1 is 1.47 bits per heavy atom. The molecule has 0 aliphatic carbocycles. The van der Waals surface area contributed by atoms with E-state index in [2.05, 4.69) is 18.8 Å². The first kappa shape index (κ1) is 14.6. The van der Waals surface area contributed by atoms with Crippen molar-refractivity contribution in [3.05, 3.63) is 12.7 Å². The lowest BCUT2D eigenvalue weighted by atomic mass is 10.3. The first-order valence-electron chi connectivity index (χ1n) is 5.77. The molecule has 0 aliphatic rings. The van der Waals surface area contributed by atoms with Gasteiger partial charge in [0.1, 0.15) is 0 Å². The lowest BCUT2D eigenvalue weighted by Gasteiger charge is -2.17. The van der Waals surface area contributed by atoms with Crippen LogP contribution in [0.25, 0.3) is 0 Å². The van der Waals surface area contributed by atoms with E-state index >= 15 is 0 Å². The van der Waals surface area contributed by atoms with Crippen molar-refractivity contribution in [1.82, 2.24) is 5.32 Å². The number of hydrogen-bond acceptors (Lipinski definition) is 3. The van der Waals surface area contributed by atoms with Gasteiger partial charge >= 0.3 is 0 Å². The fourth-order valence-corrected chi connectivity index (χ4v) is 1.27. The standard InChI is InChI=1S/C12H25NO2/c1-4-6-7-9-15-12(11-14-3)10-13-8-5-2/h4,12-13H,1,5-11H2,2-3H3. The number of hydrogen-bond donors (Lipinski definition) is 1. The highest BCUT2D eigenvalue weighted by atomic mass is 16.5. The minimum absolute atomic E-state index is 0.173. The Bertz CT molecular complexity index is 140. The number of nitrogens with one attached hydrogen (secondary N) is 1. The summed E-state index contributed by atoms with van der Waals surface area (Å²) < 4.78 is 10.8. The third kappa shape index (κ3) is 9.91. The molecule has 1 N–H and O–H groups in total. The van der Waals surface area contributed by atoms with Crippen molar-refractivity contribution in [2.45, 2.75) is 32.3 Å². The van der Waals surface area contributed by atoms with Crippen molar-refractivity contribution >= 4 is 0 Å². The highest BCUT2D eigenvalue weighted by Gasteiger charge is 2.07. The third-order valence-electron chi connectivity index (χ3n) is 2.06. The predicted octanol–water partition coefficient (Wildman–Crippen LogP) is 1.98. The average Bonchev–Trinajstić information content (AvgIpc) is 2.24. The number of rotatable bonds is 11. The molecule has 0 saturated carbocycles. The van der Waals surface area contributed by atoms with Crippen LogP contribution in [-0.4, -0.2) is 39.5 Å². The molecule has 1 unspecified atom stereocenters. The minimum atomic E-state index is 0.173. The topological polar surface area (TPSA) is 30.5 Å². The van der Waals surface area contributed by atoms with Crippen molar-refractivity contribution in [2.75, 3.05) is 33.4 Å². The zero-order valence-corrected chi connectivity index (χ0v) is 10.1. The van der Waals surface area contributed by atoms with Crippen LogP contribution in [0.4, 0.5) is 0 Å². The molecule has 0 aromatic rings. The van der Waals surface area contributed by atoms with Crippen LogP contribution in [0.15, 0.2) is 12.7 Å². The molecule has 90 valence electrons. The van der Waals surface area contributed by atoms with Crippen LogP contribution in [0, 0.1) is 0 Å². The smallest absolute Gasteiger partial charge is 0.0932 e. The number of ether oxygens (including phenoxy) is 2. The second kappa shape index (κ2) is 11.7. The lowest BCUT2D eigenvalue weighted by Crippen LogP contribution is -2.33. The minimum Gasteiger partial charge on any atom is -0.382 e. The van der Waals surface area contributed by atoms with Crippen molar-refractivity contribution in [2.24, 2.45) is 0 Å². The second-order valence-electron chi connectivity index (χ2n) is 3.58. The normalized spacial score (nSPS) is 12.7. The molecule has 0 heterocycles. The van der Waals surface area contributed by atoms with E-state index in [9.17, 15) is 0 Å². The maximum absolute atomic E-state index is 5.70. The molecular formula is C12H25NO2. The van der Waals surface area contributed by atoms with E-state index in [0.717, 1.165) is 39.0 Å². The van der Waals surface area contributed by atoms with Gasteiger partial charge in [0, 0.05) is 20.3 Å². The van der Waals surface area contributed by atoms with E-state index in [1.165, 1.54) is 0 Å². The molecule has 0 aromatic heterocycles. The van der Waals surface area contributed by atoms with Gasteiger partial charge in [-0.1, -0.05) is 13.0 Å². The first-order chi connectivity index (χ1) is 7.35. The molecule has 0 aromatic carbocycles. The van der Waals surface area contributed by atoms with Crippen LogP contribution in [0.5, 0.6) is 0 Å². The van der Waals surface area contributed by atoms with Crippen molar-refractivity contribution < 1.29 is 9.47 Å². The highest BCUT2D eigenvalue weighted by Crippen LogP contribution is 1.96. The molecule has 0 amide bonds. The van der Waals surface area contributed by atoms with Crippen LogP contribution >= 0.6 is 0 Å². The van der Waals surface area contributed by atoms with Crippen LogP contribution in [-0.2, 0) is 9.47 Å². The zero-order chi connectivity index (χ0) is 11.4. The van der Waals surface area contributed by atoms with E-state index < -0.39 is 0 Å². The molecule has 0 fully saturated rings. The number of unbranched alkanes of at least 4 members (excludes halogenated alkanes) is 1. The maximum Gasteiger partial charge on any atom is 0.0932 e. The Morgan fingerprint density at radius 2 is 2.27 bits per heavy atom. The molecule has 3 nitrogen and oxygen atoms in total. The van der Waals surface area contributed by atoms with Gasteiger partial charge in [0.25, 0.3) is 0 Å². The van der Waals surface area contributed by atoms with Crippen molar-refractivity contribution in [3.8, 4) is 0 Å². The van der Waals surface area contributed by atoms with Gasteiger partial charge in [-0.25, -0.2) is 0 Å². The number of methoxy groups -OCH3 is 1. The van der Waals surface area contributed by atoms with Crippen molar-refractivity contribution in [1.29, 1.82) is 0 Å². The van der Waals surface area contributed by atoms with Gasteiger partial charge in [-0.05, 0) is 25.8 Å². The largest absolute Gasteiger partial charge is 0.382 e. The monoisotopic (exact) mass is 215 g/mol. The number of allylic oxidation sites excluding steroid dienone is 1. The Morgan fingerprint density at radius 3 is 2.87 bits per heavy atom. The Hall–Kier alpha value is -0.380. The summed E-state index contributed by atoms with van der Waals surface area (Å²) in [5, 5.41) is 3.34. The first-order valence-corrected chi connectivity index (χ1v) is 5.77. The zero-order valence-electron chi connectivity index (χ0n) is 10.1. The van der Waals surface area contributed by atoms with E-state index in [1.807, 2.05) is 6.08 Å². The summed E-state index contributed by atoms with van der Waals surface area (Å²) >= 11 is 0. The summed E-state index contributed by atoms with van der Waals surface area (Å²) in [5.74, 6) is 0. The average molecular weight is 215 g/mol. The Balaban J connectivity index is 3.48. The predicted molar refractivity (Wildman–Crippen MR) is 64.2 cm³/mol. The summed E-state index contributed by atoms with van der Waals surface area (Å²) in [5.41, 5.74) is 0. The van der Waals surface area contributed by atoms with Crippen LogP contribution < -0.4 is 5.32 Å². The van der Waals surface area contributed by atoms with Gasteiger partial charge < -0.3 is 14.8 Å². The highest BCUT2D eigenvalue weighted by molar-refractivity contribution is 4.66. The lowest BCUT2D eigenvalue weighted by molar-refractivity contribution is -0.00147. The molecule has 0 radical (unpaired) electrons. The Labute approximate surface area is 93.8 Å². The van der Waals surface area contributed by atoms with E-state index in [-0.39, 0.29) is 6.10 Å². The quantitative estimate of drug-likeness (QED) is 0.422. The van der Waals surface area contributed by atoms with Crippen LogP contribution in [0.2, 0.25) is 0 Å². The van der Waals surface area contributed by atoms with Gasteiger partial charge in [-0.15, -0.1) is 6.58 Å². The summed E-state index contributed by atoms with van der Waals surface area (Å²) in [6.45, 7) is 9.19. The molecule has 0 bridgehead atoms. The SMILES string of the molecule is C=CCCCOC(CNCCC)COC. The molecule has 0 spiro atoms. The fraction of sp³-hybridized carbons (Fsp3) is 0.833. The summed E-state index contributed by atoms with van der Waals surface area (Å²) in [4.78, 5) is 0. The molecule has 0 aliphatic heterocycles. The summed E-state index contributed by atoms with van der Waals surface area (Å²) in [6.07, 6.45) is 5.30. The van der Waals surface area contributed by atoms with E-state index in [1.54, 1.807) is 7.11 Å². The fourth-order valence-electron chi connectivity index (χ4n) is 1.27. The van der Waals surface area contributed by atoms with Gasteiger partial charge in [0.05, 0.1) is 12.7 Å². The van der Waals surface area contributed by atoms with E-state index in [4.69, 9.17) is 9.47 Å². The Kier molecular flexibility index (Phi) is 11.4. The molecule has 3 heteroatoms. The third-order valence-corrected chi connectivity index (χ3v) is 2.06. The molecule has 0 rings (SSSR count). The van der Waals surface area contributed by atoms with Gasteiger partial charge in [-0.2, -0.15) is 0 Å².